The van der Waals surface area contributed by atoms with E-state index in [0.717, 1.165) is 5.56 Å². The fourth-order valence-corrected chi connectivity index (χ4v) is 4.42. The summed E-state index contributed by atoms with van der Waals surface area (Å²) in [6, 6.07) is 15.3. The third kappa shape index (κ3) is 16.4. The zero-order valence-electron chi connectivity index (χ0n) is 31.8. The van der Waals surface area contributed by atoms with Crippen molar-refractivity contribution in [2.45, 2.75) is 103 Å². The molecule has 0 aliphatic carbocycles. The molecule has 0 saturated carbocycles. The van der Waals surface area contributed by atoms with Crippen LogP contribution >= 0.6 is 0 Å². The molecule has 0 saturated heterocycles. The minimum atomic E-state index is -1.56. The van der Waals surface area contributed by atoms with Crippen molar-refractivity contribution in [3.05, 3.63) is 71.8 Å². The molecule has 2 N–H and O–H groups in total. The maximum atomic E-state index is 13.1. The van der Waals surface area contributed by atoms with E-state index in [4.69, 9.17) is 33.2 Å². The van der Waals surface area contributed by atoms with Crippen molar-refractivity contribution in [3.8, 4) is 0 Å². The van der Waals surface area contributed by atoms with Gasteiger partial charge in [0, 0.05) is 20.0 Å². The van der Waals surface area contributed by atoms with Crippen LogP contribution in [-0.4, -0.2) is 104 Å². The number of carbonyl (C=O) groups excluding carboxylic acids is 7. The average molecular weight is 759 g/mol. The first kappa shape index (κ1) is 44.7. The zero-order valence-corrected chi connectivity index (χ0v) is 31.8. The standard InChI is InChI=1S/C38H50N2O14/c1-23(31(41)39-29(35(45)49-20-19-48-8)21-27-15-11-9-12-16-27)50-32(42)24(2)51-33(43)25(3)52-34(44)26(4)53-36(46)30(22-28-17-13-10-14-18-28)40-37(47)54-38(5,6)7/h9-18,23-26,29-30H,19-22H2,1-8H3,(H,39,41)(H,40,47). The normalized spacial score (nSPS) is 14.4. The summed E-state index contributed by atoms with van der Waals surface area (Å²) in [5.74, 6) is -5.86. The van der Waals surface area contributed by atoms with Gasteiger partial charge in [0.1, 0.15) is 24.3 Å². The summed E-state index contributed by atoms with van der Waals surface area (Å²) < 4.78 is 35.9. The number of nitrogens with one attached hydrogen (secondary N) is 2. The minimum absolute atomic E-state index is 0.0212. The minimum Gasteiger partial charge on any atom is -0.462 e. The smallest absolute Gasteiger partial charge is 0.408 e. The van der Waals surface area contributed by atoms with Crippen LogP contribution in [0, 0.1) is 0 Å². The fraction of sp³-hybridized carbons (Fsp3) is 0.500. The fourth-order valence-electron chi connectivity index (χ4n) is 4.42. The first-order chi connectivity index (χ1) is 25.4. The second kappa shape index (κ2) is 21.9. The molecule has 16 nitrogen and oxygen atoms in total. The molecule has 0 radical (unpaired) electrons. The Balaban J connectivity index is 1.93. The van der Waals surface area contributed by atoms with E-state index in [1.165, 1.54) is 34.8 Å². The molecule has 6 unspecified atom stereocenters. The maximum absolute atomic E-state index is 13.1. The van der Waals surface area contributed by atoms with Crippen molar-refractivity contribution >= 4 is 41.8 Å². The molecule has 2 rings (SSSR count). The number of methoxy groups -OCH3 is 1. The van der Waals surface area contributed by atoms with Crippen molar-refractivity contribution < 1.29 is 66.7 Å². The lowest BCUT2D eigenvalue weighted by atomic mass is 10.1. The molecule has 2 aromatic carbocycles. The monoisotopic (exact) mass is 758 g/mol. The zero-order chi connectivity index (χ0) is 40.4. The van der Waals surface area contributed by atoms with Crippen LogP contribution < -0.4 is 10.6 Å². The van der Waals surface area contributed by atoms with Gasteiger partial charge in [0.05, 0.1) is 6.61 Å². The third-order valence-electron chi connectivity index (χ3n) is 7.21. The summed E-state index contributed by atoms with van der Waals surface area (Å²) in [5.41, 5.74) is 0.583. The molecule has 0 heterocycles. The van der Waals surface area contributed by atoms with Crippen LogP contribution in [0.5, 0.6) is 0 Å². The van der Waals surface area contributed by atoms with Gasteiger partial charge in [-0.1, -0.05) is 60.7 Å². The highest BCUT2D eigenvalue weighted by Gasteiger charge is 2.33. The second-order valence-corrected chi connectivity index (χ2v) is 13.1. The van der Waals surface area contributed by atoms with E-state index in [-0.39, 0.29) is 26.1 Å². The largest absolute Gasteiger partial charge is 0.462 e. The highest BCUT2D eigenvalue weighted by atomic mass is 16.6. The van der Waals surface area contributed by atoms with Gasteiger partial charge in [-0.3, -0.25) is 4.79 Å². The molecule has 2 amide bonds. The lowest BCUT2D eigenvalue weighted by Gasteiger charge is -2.24. The van der Waals surface area contributed by atoms with Crippen molar-refractivity contribution in [1.29, 1.82) is 0 Å². The predicted molar refractivity (Wildman–Crippen MR) is 190 cm³/mol. The van der Waals surface area contributed by atoms with Crippen molar-refractivity contribution in [3.63, 3.8) is 0 Å². The Morgan fingerprint density at radius 2 is 0.963 bits per heavy atom. The van der Waals surface area contributed by atoms with E-state index >= 15 is 0 Å². The van der Waals surface area contributed by atoms with Gasteiger partial charge >= 0.3 is 35.9 Å². The van der Waals surface area contributed by atoms with Crippen LogP contribution in [0.15, 0.2) is 60.7 Å². The molecule has 0 aromatic heterocycles. The van der Waals surface area contributed by atoms with Crippen LogP contribution in [0.25, 0.3) is 0 Å². The third-order valence-corrected chi connectivity index (χ3v) is 7.21. The summed E-state index contributed by atoms with van der Waals surface area (Å²) in [4.78, 5) is 89.3. The van der Waals surface area contributed by atoms with Crippen LogP contribution in [-0.2, 0) is 74.8 Å². The molecule has 0 fully saturated rings. The topological polar surface area (TPSA) is 208 Å². The molecule has 2 aromatic rings. The number of hydrogen-bond acceptors (Lipinski definition) is 14. The Hall–Kier alpha value is -5.51. The Labute approximate surface area is 314 Å². The number of benzene rings is 2. The van der Waals surface area contributed by atoms with E-state index in [2.05, 4.69) is 10.6 Å². The summed E-state index contributed by atoms with van der Waals surface area (Å²) in [6.45, 7) is 9.90. The molecular weight excluding hydrogens is 708 g/mol. The van der Waals surface area contributed by atoms with E-state index in [1.54, 1.807) is 81.4 Å². The van der Waals surface area contributed by atoms with Crippen LogP contribution in [0.1, 0.15) is 59.6 Å². The Bertz CT molecular complexity index is 1560. The van der Waals surface area contributed by atoms with E-state index in [1.807, 2.05) is 0 Å². The molecule has 16 heteroatoms. The number of esters is 5. The maximum Gasteiger partial charge on any atom is 0.408 e. The quantitative estimate of drug-likeness (QED) is 0.120. The Kier molecular flexibility index (Phi) is 18.1. The molecule has 0 spiro atoms. The number of amides is 2. The molecule has 54 heavy (non-hydrogen) atoms. The molecule has 6 atom stereocenters. The molecule has 0 bridgehead atoms. The van der Waals surface area contributed by atoms with Crippen LogP contribution in [0.4, 0.5) is 4.79 Å². The summed E-state index contributed by atoms with van der Waals surface area (Å²) in [6.07, 6.45) is -6.79. The Morgan fingerprint density at radius 3 is 1.39 bits per heavy atom. The van der Waals surface area contributed by atoms with Gasteiger partial charge in [-0.2, -0.15) is 0 Å². The highest BCUT2D eigenvalue weighted by Crippen LogP contribution is 2.12. The lowest BCUT2D eigenvalue weighted by molar-refractivity contribution is -0.183. The first-order valence-electron chi connectivity index (χ1n) is 17.2. The molecule has 296 valence electrons. The van der Waals surface area contributed by atoms with Gasteiger partial charge in [0.15, 0.2) is 24.4 Å². The van der Waals surface area contributed by atoms with E-state index < -0.39 is 83.9 Å². The summed E-state index contributed by atoms with van der Waals surface area (Å²) in [7, 11) is 1.44. The van der Waals surface area contributed by atoms with Gasteiger partial charge in [0.25, 0.3) is 5.91 Å². The van der Waals surface area contributed by atoms with E-state index in [0.29, 0.717) is 5.56 Å². The number of alkyl carbamates (subject to hydrolysis) is 1. The van der Waals surface area contributed by atoms with Gasteiger partial charge in [-0.25, -0.2) is 28.8 Å². The van der Waals surface area contributed by atoms with Gasteiger partial charge in [0.2, 0.25) is 0 Å². The summed E-state index contributed by atoms with van der Waals surface area (Å²) >= 11 is 0. The second-order valence-electron chi connectivity index (χ2n) is 13.1. The SMILES string of the molecule is COCCOC(=O)C(Cc1ccccc1)NC(=O)C(C)OC(=O)C(C)OC(=O)C(C)OC(=O)C(C)OC(=O)C(Cc1ccccc1)NC(=O)OC(C)(C)C. The molecule has 0 aliphatic heterocycles. The molecule has 0 aliphatic rings. The predicted octanol–water partition coefficient (Wildman–Crippen LogP) is 2.77. The summed E-state index contributed by atoms with van der Waals surface area (Å²) in [5, 5.41) is 4.97. The van der Waals surface area contributed by atoms with Crippen LogP contribution in [0.3, 0.4) is 0 Å². The van der Waals surface area contributed by atoms with Gasteiger partial charge < -0.3 is 43.8 Å². The molecular formula is C38H50N2O14. The van der Waals surface area contributed by atoms with Crippen molar-refractivity contribution in [2.75, 3.05) is 20.3 Å². The first-order valence-corrected chi connectivity index (χ1v) is 17.2. The average Bonchev–Trinajstić information content (AvgIpc) is 3.10. The van der Waals surface area contributed by atoms with Crippen molar-refractivity contribution in [2.24, 2.45) is 0 Å². The number of hydrogen-bond donors (Lipinski definition) is 2. The van der Waals surface area contributed by atoms with Gasteiger partial charge in [-0.15, -0.1) is 0 Å². The number of rotatable bonds is 19. The number of carbonyl (C=O) groups is 7. The van der Waals surface area contributed by atoms with Crippen molar-refractivity contribution in [1.82, 2.24) is 10.6 Å². The Morgan fingerprint density at radius 1 is 0.556 bits per heavy atom. The van der Waals surface area contributed by atoms with Gasteiger partial charge in [-0.05, 0) is 59.6 Å². The van der Waals surface area contributed by atoms with Crippen LogP contribution in [0.2, 0.25) is 0 Å². The number of ether oxygens (including phenoxy) is 7. The highest BCUT2D eigenvalue weighted by molar-refractivity contribution is 5.90. The van der Waals surface area contributed by atoms with E-state index in [9.17, 15) is 33.6 Å². The lowest BCUT2D eigenvalue weighted by Crippen LogP contribution is -2.48.